The van der Waals surface area contributed by atoms with Crippen molar-refractivity contribution in [1.82, 2.24) is 0 Å². The van der Waals surface area contributed by atoms with Gasteiger partial charge in [0.1, 0.15) is 0 Å². The van der Waals surface area contributed by atoms with Crippen molar-refractivity contribution in [3.63, 3.8) is 0 Å². The van der Waals surface area contributed by atoms with Gasteiger partial charge in [-0.15, -0.1) is 0 Å². The Bertz CT molecular complexity index is 460. The molecule has 1 N–H and O–H groups in total. The first-order chi connectivity index (χ1) is 9.61. The third-order valence-electron chi connectivity index (χ3n) is 4.88. The number of thioether (sulfide) groups is 1. The van der Waals surface area contributed by atoms with E-state index in [0.717, 1.165) is 37.2 Å². The Hall–Kier alpha value is -0.510. The lowest BCUT2D eigenvalue weighted by Gasteiger charge is -2.40. The van der Waals surface area contributed by atoms with Crippen LogP contribution in [0.2, 0.25) is 0 Å². The second-order valence-electron chi connectivity index (χ2n) is 6.34. The van der Waals surface area contributed by atoms with E-state index in [1.807, 2.05) is 11.8 Å². The van der Waals surface area contributed by atoms with Crippen LogP contribution in [0.15, 0.2) is 18.2 Å². The molecule has 0 bridgehead atoms. The zero-order valence-corrected chi connectivity index (χ0v) is 13.2. The highest BCUT2D eigenvalue weighted by Crippen LogP contribution is 2.44. The third kappa shape index (κ3) is 2.63. The van der Waals surface area contributed by atoms with E-state index in [1.54, 1.807) is 0 Å². The lowest BCUT2D eigenvalue weighted by atomic mass is 9.79. The SMILES string of the molecule is Cc1cccc(C)c1C(O)C1CCOC2(CCSC2)C1. The number of ether oxygens (including phenoxy) is 1. The first kappa shape index (κ1) is 14.4. The summed E-state index contributed by atoms with van der Waals surface area (Å²) >= 11 is 1.99. The maximum Gasteiger partial charge on any atom is 0.0825 e. The summed E-state index contributed by atoms with van der Waals surface area (Å²) in [6, 6.07) is 6.28. The molecule has 3 heteroatoms. The molecule has 0 radical (unpaired) electrons. The Labute approximate surface area is 125 Å². The average molecular weight is 292 g/mol. The standard InChI is InChI=1S/C17H24O2S/c1-12-4-3-5-13(2)15(12)16(18)14-6-8-19-17(10-14)7-9-20-11-17/h3-5,14,16,18H,6-11H2,1-2H3. The summed E-state index contributed by atoms with van der Waals surface area (Å²) < 4.78 is 6.07. The molecule has 0 aliphatic carbocycles. The van der Waals surface area contributed by atoms with Crippen molar-refractivity contribution in [1.29, 1.82) is 0 Å². The molecule has 2 nitrogen and oxygen atoms in total. The topological polar surface area (TPSA) is 29.5 Å². The fraction of sp³-hybridized carbons (Fsp3) is 0.647. The molecule has 1 spiro atoms. The Morgan fingerprint density at radius 2 is 2.10 bits per heavy atom. The van der Waals surface area contributed by atoms with Crippen LogP contribution < -0.4 is 0 Å². The van der Waals surface area contributed by atoms with Crippen molar-refractivity contribution in [2.75, 3.05) is 18.1 Å². The molecule has 2 aliphatic rings. The minimum atomic E-state index is -0.345. The highest BCUT2D eigenvalue weighted by atomic mass is 32.2. The van der Waals surface area contributed by atoms with E-state index >= 15 is 0 Å². The molecule has 2 fully saturated rings. The van der Waals surface area contributed by atoms with Gasteiger partial charge in [0.25, 0.3) is 0 Å². The fourth-order valence-electron chi connectivity index (χ4n) is 3.73. The van der Waals surface area contributed by atoms with E-state index in [-0.39, 0.29) is 11.7 Å². The zero-order chi connectivity index (χ0) is 14.2. The third-order valence-corrected chi connectivity index (χ3v) is 6.11. The van der Waals surface area contributed by atoms with E-state index in [0.29, 0.717) is 5.92 Å². The Morgan fingerprint density at radius 3 is 2.75 bits per heavy atom. The van der Waals surface area contributed by atoms with Crippen LogP contribution in [0.1, 0.15) is 42.1 Å². The molecule has 0 amide bonds. The number of hydrogen-bond acceptors (Lipinski definition) is 3. The van der Waals surface area contributed by atoms with E-state index in [4.69, 9.17) is 4.74 Å². The number of hydrogen-bond donors (Lipinski definition) is 1. The van der Waals surface area contributed by atoms with Gasteiger partial charge in [0, 0.05) is 12.4 Å². The summed E-state index contributed by atoms with van der Waals surface area (Å²) in [5.74, 6) is 2.64. The maximum absolute atomic E-state index is 10.9. The molecule has 110 valence electrons. The number of aryl methyl sites for hydroxylation is 2. The number of aliphatic hydroxyl groups excluding tert-OH is 1. The Morgan fingerprint density at radius 1 is 1.35 bits per heavy atom. The number of aliphatic hydroxyl groups is 1. The normalized spacial score (nSPS) is 31.6. The van der Waals surface area contributed by atoms with Gasteiger partial charge in [-0.25, -0.2) is 0 Å². The Balaban J connectivity index is 1.81. The smallest absolute Gasteiger partial charge is 0.0825 e. The molecule has 3 rings (SSSR count). The summed E-state index contributed by atoms with van der Waals surface area (Å²) in [5.41, 5.74) is 3.60. The van der Waals surface area contributed by atoms with Gasteiger partial charge in [-0.2, -0.15) is 11.8 Å². The van der Waals surface area contributed by atoms with Gasteiger partial charge in [-0.1, -0.05) is 18.2 Å². The van der Waals surface area contributed by atoms with E-state index in [1.165, 1.54) is 16.9 Å². The number of benzene rings is 1. The van der Waals surface area contributed by atoms with Gasteiger partial charge in [0.15, 0.2) is 0 Å². The highest BCUT2D eigenvalue weighted by Gasteiger charge is 2.42. The molecule has 2 aliphatic heterocycles. The highest BCUT2D eigenvalue weighted by molar-refractivity contribution is 7.99. The summed E-state index contributed by atoms with van der Waals surface area (Å²) in [6.45, 7) is 5.01. The minimum Gasteiger partial charge on any atom is -0.388 e. The van der Waals surface area contributed by atoms with Crippen LogP contribution in [-0.2, 0) is 4.74 Å². The fourth-order valence-corrected chi connectivity index (χ4v) is 5.11. The summed E-state index contributed by atoms with van der Waals surface area (Å²) in [7, 11) is 0. The first-order valence-electron chi connectivity index (χ1n) is 7.57. The second-order valence-corrected chi connectivity index (χ2v) is 7.44. The van der Waals surface area contributed by atoms with Crippen LogP contribution in [-0.4, -0.2) is 28.8 Å². The Kier molecular flexibility index (Phi) is 4.11. The molecule has 1 aromatic rings. The minimum absolute atomic E-state index is 0.0468. The van der Waals surface area contributed by atoms with Gasteiger partial charge in [-0.05, 0) is 61.5 Å². The molecule has 1 aromatic carbocycles. The van der Waals surface area contributed by atoms with E-state index in [2.05, 4.69) is 32.0 Å². The van der Waals surface area contributed by atoms with Crippen molar-refractivity contribution in [3.8, 4) is 0 Å². The van der Waals surface area contributed by atoms with Crippen LogP contribution >= 0.6 is 11.8 Å². The van der Waals surface area contributed by atoms with Crippen molar-refractivity contribution >= 4 is 11.8 Å². The molecular formula is C17H24O2S. The number of rotatable bonds is 2. The molecule has 2 heterocycles. The van der Waals surface area contributed by atoms with Crippen LogP contribution in [0.3, 0.4) is 0 Å². The zero-order valence-electron chi connectivity index (χ0n) is 12.4. The van der Waals surface area contributed by atoms with Crippen LogP contribution in [0.4, 0.5) is 0 Å². The van der Waals surface area contributed by atoms with Gasteiger partial charge < -0.3 is 9.84 Å². The quantitative estimate of drug-likeness (QED) is 0.902. The lowest BCUT2D eigenvalue weighted by Crippen LogP contribution is -2.41. The van der Waals surface area contributed by atoms with Crippen molar-refractivity contribution in [2.24, 2.45) is 5.92 Å². The van der Waals surface area contributed by atoms with Crippen LogP contribution in [0.5, 0.6) is 0 Å². The summed E-state index contributed by atoms with van der Waals surface area (Å²) in [6.07, 6.45) is 2.78. The van der Waals surface area contributed by atoms with Crippen molar-refractivity contribution < 1.29 is 9.84 Å². The predicted octanol–water partition coefficient (Wildman–Crippen LogP) is 3.64. The van der Waals surface area contributed by atoms with E-state index in [9.17, 15) is 5.11 Å². The average Bonchev–Trinajstić information content (AvgIpc) is 2.86. The molecular weight excluding hydrogens is 268 g/mol. The molecule has 0 aromatic heterocycles. The van der Waals surface area contributed by atoms with Gasteiger partial charge >= 0.3 is 0 Å². The van der Waals surface area contributed by atoms with Crippen LogP contribution in [0.25, 0.3) is 0 Å². The van der Waals surface area contributed by atoms with Crippen LogP contribution in [0, 0.1) is 19.8 Å². The lowest BCUT2D eigenvalue weighted by molar-refractivity contribution is -0.102. The van der Waals surface area contributed by atoms with Crippen molar-refractivity contribution in [3.05, 3.63) is 34.9 Å². The van der Waals surface area contributed by atoms with Gasteiger partial charge in [-0.3, -0.25) is 0 Å². The molecule has 0 saturated carbocycles. The van der Waals surface area contributed by atoms with Crippen molar-refractivity contribution in [2.45, 2.75) is 44.8 Å². The molecule has 3 unspecified atom stereocenters. The monoisotopic (exact) mass is 292 g/mol. The van der Waals surface area contributed by atoms with E-state index < -0.39 is 0 Å². The molecule has 2 saturated heterocycles. The largest absolute Gasteiger partial charge is 0.388 e. The van der Waals surface area contributed by atoms with Gasteiger partial charge in [0.05, 0.1) is 11.7 Å². The summed E-state index contributed by atoms with van der Waals surface area (Å²) in [4.78, 5) is 0. The molecule has 3 atom stereocenters. The van der Waals surface area contributed by atoms with Gasteiger partial charge in [0.2, 0.25) is 0 Å². The molecule has 20 heavy (non-hydrogen) atoms. The maximum atomic E-state index is 10.9. The first-order valence-corrected chi connectivity index (χ1v) is 8.73. The second kappa shape index (κ2) is 5.70. The summed E-state index contributed by atoms with van der Waals surface area (Å²) in [5, 5.41) is 10.9. The predicted molar refractivity (Wildman–Crippen MR) is 84.2 cm³/mol.